The molecule has 0 bridgehead atoms. The van der Waals surface area contributed by atoms with Gasteiger partial charge in [0.05, 0.1) is 0 Å². The van der Waals surface area contributed by atoms with Gasteiger partial charge in [-0.25, -0.2) is 4.98 Å². The lowest BCUT2D eigenvalue weighted by molar-refractivity contribution is 0.568. The summed E-state index contributed by atoms with van der Waals surface area (Å²) in [6.07, 6.45) is 6.87. The third-order valence-electron chi connectivity index (χ3n) is 3.69. The van der Waals surface area contributed by atoms with Gasteiger partial charge >= 0.3 is 0 Å². The molecular formula is C16H28N4. The number of aryl methyl sites for hydroxylation is 1. The Morgan fingerprint density at radius 2 is 2.15 bits per heavy atom. The number of rotatable bonds is 8. The number of hydrogen-bond acceptors (Lipinski definition) is 4. The fourth-order valence-corrected chi connectivity index (χ4v) is 2.29. The number of nitrogens with zero attached hydrogens (tertiary/aromatic N) is 3. The molecule has 4 nitrogen and oxygen atoms in total. The first-order chi connectivity index (χ1) is 9.61. The lowest BCUT2D eigenvalue weighted by atomic mass is 10.1. The molecule has 0 amide bonds. The maximum atomic E-state index is 4.75. The molecule has 1 saturated carbocycles. The molecule has 1 heterocycles. The second-order valence-electron chi connectivity index (χ2n) is 6.23. The van der Waals surface area contributed by atoms with Crippen LogP contribution >= 0.6 is 0 Å². The lowest BCUT2D eigenvalue weighted by Crippen LogP contribution is -2.29. The third-order valence-corrected chi connectivity index (χ3v) is 3.69. The quantitative estimate of drug-likeness (QED) is 0.787. The van der Waals surface area contributed by atoms with E-state index in [9.17, 15) is 0 Å². The number of nitrogens with one attached hydrogen (secondary N) is 1. The number of anilines is 2. The van der Waals surface area contributed by atoms with Crippen LogP contribution in [0.4, 0.5) is 11.8 Å². The fourth-order valence-electron chi connectivity index (χ4n) is 2.29. The Kier molecular flexibility index (Phi) is 5.21. The van der Waals surface area contributed by atoms with Gasteiger partial charge in [-0.2, -0.15) is 4.98 Å². The first kappa shape index (κ1) is 15.1. The summed E-state index contributed by atoms with van der Waals surface area (Å²) in [5.74, 6) is 2.63. The van der Waals surface area contributed by atoms with E-state index < -0.39 is 0 Å². The highest BCUT2D eigenvalue weighted by Gasteiger charge is 2.30. The maximum absolute atomic E-state index is 4.75. The molecule has 0 unspecified atom stereocenters. The maximum Gasteiger partial charge on any atom is 0.224 e. The topological polar surface area (TPSA) is 41.1 Å². The van der Waals surface area contributed by atoms with Crippen molar-refractivity contribution in [2.24, 2.45) is 5.92 Å². The molecule has 112 valence electrons. The Bertz CT molecular complexity index is 426. The van der Waals surface area contributed by atoms with Crippen LogP contribution in [0.25, 0.3) is 0 Å². The van der Waals surface area contributed by atoms with Crippen LogP contribution in [-0.2, 0) is 0 Å². The molecule has 1 fully saturated rings. The number of hydrogen-bond donors (Lipinski definition) is 1. The van der Waals surface area contributed by atoms with Crippen molar-refractivity contribution in [3.8, 4) is 0 Å². The van der Waals surface area contributed by atoms with E-state index in [-0.39, 0.29) is 0 Å². The summed E-state index contributed by atoms with van der Waals surface area (Å²) in [4.78, 5) is 11.6. The van der Waals surface area contributed by atoms with Gasteiger partial charge in [0.25, 0.3) is 0 Å². The van der Waals surface area contributed by atoms with Gasteiger partial charge in [-0.15, -0.1) is 0 Å². The largest absolute Gasteiger partial charge is 0.354 e. The van der Waals surface area contributed by atoms with Crippen molar-refractivity contribution in [1.29, 1.82) is 0 Å². The molecule has 0 spiro atoms. The Morgan fingerprint density at radius 1 is 1.40 bits per heavy atom. The Morgan fingerprint density at radius 3 is 2.75 bits per heavy atom. The van der Waals surface area contributed by atoms with E-state index in [1.165, 1.54) is 24.8 Å². The van der Waals surface area contributed by atoms with E-state index in [2.05, 4.69) is 42.9 Å². The Balaban J connectivity index is 2.13. The summed E-state index contributed by atoms with van der Waals surface area (Å²) in [6.45, 7) is 10.9. The van der Waals surface area contributed by atoms with E-state index >= 15 is 0 Å². The van der Waals surface area contributed by atoms with E-state index in [1.807, 2.05) is 6.20 Å². The van der Waals surface area contributed by atoms with Gasteiger partial charge in [0.15, 0.2) is 0 Å². The number of aromatic nitrogens is 2. The minimum atomic E-state index is 0.696. The highest BCUT2D eigenvalue weighted by Crippen LogP contribution is 2.33. The standard InChI is InChI=1S/C16H28N4/c1-5-9-17-16-18-11-13(4)15(19-16)20(14-6-7-14)10-8-12(2)3/h11-12,14H,5-10H2,1-4H3,(H,17,18,19). The van der Waals surface area contributed by atoms with Gasteiger partial charge in [-0.3, -0.25) is 0 Å². The smallest absolute Gasteiger partial charge is 0.224 e. The van der Waals surface area contributed by atoms with Crippen LogP contribution in [0.15, 0.2) is 6.20 Å². The minimum Gasteiger partial charge on any atom is -0.354 e. The molecular weight excluding hydrogens is 248 g/mol. The van der Waals surface area contributed by atoms with Crippen LogP contribution < -0.4 is 10.2 Å². The molecule has 1 aromatic rings. The SMILES string of the molecule is CCCNc1ncc(C)c(N(CCC(C)C)C2CC2)n1. The molecule has 1 N–H and O–H groups in total. The summed E-state index contributed by atoms with van der Waals surface area (Å²) >= 11 is 0. The third kappa shape index (κ3) is 4.09. The van der Waals surface area contributed by atoms with Crippen molar-refractivity contribution in [3.05, 3.63) is 11.8 Å². The summed E-state index contributed by atoms with van der Waals surface area (Å²) < 4.78 is 0. The first-order valence-electron chi connectivity index (χ1n) is 7.96. The molecule has 1 aliphatic rings. The van der Waals surface area contributed by atoms with Crippen LogP contribution in [0.3, 0.4) is 0 Å². The zero-order valence-corrected chi connectivity index (χ0v) is 13.3. The van der Waals surface area contributed by atoms with Gasteiger partial charge in [0, 0.05) is 30.9 Å². The molecule has 4 heteroatoms. The van der Waals surface area contributed by atoms with E-state index in [0.29, 0.717) is 6.04 Å². The predicted octanol–water partition coefficient (Wildman–Crippen LogP) is 3.62. The van der Waals surface area contributed by atoms with Crippen molar-refractivity contribution in [3.63, 3.8) is 0 Å². The van der Waals surface area contributed by atoms with Crippen molar-refractivity contribution >= 4 is 11.8 Å². The second-order valence-corrected chi connectivity index (χ2v) is 6.23. The summed E-state index contributed by atoms with van der Waals surface area (Å²) in [5, 5.41) is 3.29. The molecule has 0 aromatic carbocycles. The average molecular weight is 276 g/mol. The second kappa shape index (κ2) is 6.91. The molecule has 1 aliphatic carbocycles. The monoisotopic (exact) mass is 276 g/mol. The Hall–Kier alpha value is -1.32. The average Bonchev–Trinajstić information content (AvgIpc) is 3.23. The summed E-state index contributed by atoms with van der Waals surface area (Å²) in [5.41, 5.74) is 1.18. The first-order valence-corrected chi connectivity index (χ1v) is 7.96. The van der Waals surface area contributed by atoms with E-state index in [4.69, 9.17) is 4.98 Å². The summed E-state index contributed by atoms with van der Waals surface area (Å²) in [7, 11) is 0. The molecule has 1 aromatic heterocycles. The molecule has 0 aliphatic heterocycles. The van der Waals surface area contributed by atoms with Crippen LogP contribution in [0, 0.1) is 12.8 Å². The van der Waals surface area contributed by atoms with Crippen LogP contribution in [0.2, 0.25) is 0 Å². The highest BCUT2D eigenvalue weighted by atomic mass is 15.3. The highest BCUT2D eigenvalue weighted by molar-refractivity contribution is 5.50. The summed E-state index contributed by atoms with van der Waals surface area (Å²) in [6, 6.07) is 0.696. The van der Waals surface area contributed by atoms with Crippen LogP contribution in [0.5, 0.6) is 0 Å². The molecule has 0 saturated heterocycles. The molecule has 2 rings (SSSR count). The lowest BCUT2D eigenvalue weighted by Gasteiger charge is -2.26. The normalized spacial score (nSPS) is 14.7. The van der Waals surface area contributed by atoms with E-state index in [0.717, 1.165) is 37.2 Å². The molecule has 20 heavy (non-hydrogen) atoms. The fraction of sp³-hybridized carbons (Fsp3) is 0.750. The van der Waals surface area contributed by atoms with Gasteiger partial charge in [0.1, 0.15) is 5.82 Å². The van der Waals surface area contributed by atoms with E-state index in [1.54, 1.807) is 0 Å². The minimum absolute atomic E-state index is 0.696. The van der Waals surface area contributed by atoms with Gasteiger partial charge in [0.2, 0.25) is 5.95 Å². The van der Waals surface area contributed by atoms with Gasteiger partial charge in [-0.05, 0) is 38.5 Å². The van der Waals surface area contributed by atoms with Gasteiger partial charge in [-0.1, -0.05) is 20.8 Å². The zero-order valence-electron chi connectivity index (χ0n) is 13.3. The molecule has 0 atom stereocenters. The van der Waals surface area contributed by atoms with Crippen molar-refractivity contribution in [1.82, 2.24) is 9.97 Å². The Labute approximate surface area is 123 Å². The predicted molar refractivity (Wildman–Crippen MR) is 85.4 cm³/mol. The molecule has 0 radical (unpaired) electrons. The van der Waals surface area contributed by atoms with Crippen LogP contribution in [-0.4, -0.2) is 29.1 Å². The van der Waals surface area contributed by atoms with Crippen LogP contribution in [0.1, 0.15) is 52.0 Å². The zero-order chi connectivity index (χ0) is 14.5. The van der Waals surface area contributed by atoms with Crippen molar-refractivity contribution < 1.29 is 0 Å². The van der Waals surface area contributed by atoms with Gasteiger partial charge < -0.3 is 10.2 Å². The van der Waals surface area contributed by atoms with Crippen molar-refractivity contribution in [2.45, 2.75) is 59.4 Å². The van der Waals surface area contributed by atoms with Crippen molar-refractivity contribution in [2.75, 3.05) is 23.3 Å².